The highest BCUT2D eigenvalue weighted by Gasteiger charge is 2.50. The highest BCUT2D eigenvalue weighted by Crippen LogP contribution is 2.44. The molecule has 2 aliphatic rings. The van der Waals surface area contributed by atoms with Crippen LogP contribution in [0.15, 0.2) is 30.3 Å². The van der Waals surface area contributed by atoms with E-state index in [0.717, 1.165) is 5.56 Å². The topological polar surface area (TPSA) is 47.8 Å². The van der Waals surface area contributed by atoms with Gasteiger partial charge in [-0.15, -0.1) is 5.10 Å². The van der Waals surface area contributed by atoms with Crippen molar-refractivity contribution >= 4 is 5.78 Å². The average Bonchev–Trinajstić information content (AvgIpc) is 3.06. The Labute approximate surface area is 130 Å². The van der Waals surface area contributed by atoms with Gasteiger partial charge in [-0.25, -0.2) is 22.8 Å². The first-order valence-corrected chi connectivity index (χ1v) is 7.52. The van der Waals surface area contributed by atoms with Gasteiger partial charge in [0, 0.05) is 25.2 Å². The van der Waals surface area contributed by atoms with Gasteiger partial charge in [0.1, 0.15) is 0 Å². The molecule has 120 valence electrons. The molecule has 7 heteroatoms. The number of carbonyl (C=O) groups is 1. The largest absolute Gasteiger partial charge is 0.290 e. The number of aromatic nitrogens is 3. The molecule has 0 amide bonds. The summed E-state index contributed by atoms with van der Waals surface area (Å²) in [5.74, 6) is -4.10. The van der Waals surface area contributed by atoms with Gasteiger partial charge in [-0.05, 0) is 5.56 Å². The lowest BCUT2D eigenvalue weighted by Crippen LogP contribution is -2.40. The molecule has 0 spiro atoms. The lowest BCUT2D eigenvalue weighted by Gasteiger charge is -2.32. The third-order valence-electron chi connectivity index (χ3n) is 4.53. The quantitative estimate of drug-likeness (QED) is 0.813. The zero-order valence-corrected chi connectivity index (χ0v) is 12.1. The number of hydrogen-bond donors (Lipinski definition) is 0. The van der Waals surface area contributed by atoms with Crippen LogP contribution in [0.3, 0.4) is 0 Å². The number of fused-ring (bicyclic) bond motifs is 1. The number of halogens is 3. The highest BCUT2D eigenvalue weighted by atomic mass is 19.3. The summed E-state index contributed by atoms with van der Waals surface area (Å²) >= 11 is 0. The number of carbonyl (C=O) groups excluding carboxylic acids is 1. The molecule has 1 saturated carbocycles. The Balaban J connectivity index is 1.62. The standard InChI is InChI=1S/C16H14F3N3O/c17-11-6-12(9-4-2-1-3-5-9)22-15(11)20-14(21-22)13(23)10-7-16(18,19)8-10/h1-5,10-12H,6-8H2/t11-,12-/m1/s1. The predicted molar refractivity (Wildman–Crippen MR) is 75.1 cm³/mol. The van der Waals surface area contributed by atoms with E-state index in [4.69, 9.17) is 0 Å². The van der Waals surface area contributed by atoms with Crippen molar-refractivity contribution in [2.24, 2.45) is 5.92 Å². The maximum Gasteiger partial charge on any atom is 0.249 e. The number of Topliss-reactive ketones (excluding diaryl/α,β-unsaturated/α-hetero) is 1. The molecule has 1 aliphatic heterocycles. The second-order valence-corrected chi connectivity index (χ2v) is 6.19. The van der Waals surface area contributed by atoms with Crippen molar-refractivity contribution in [3.8, 4) is 0 Å². The monoisotopic (exact) mass is 321 g/mol. The van der Waals surface area contributed by atoms with E-state index in [2.05, 4.69) is 10.1 Å². The zero-order chi connectivity index (χ0) is 16.2. The summed E-state index contributed by atoms with van der Waals surface area (Å²) in [5, 5.41) is 4.12. The van der Waals surface area contributed by atoms with Gasteiger partial charge in [-0.2, -0.15) is 0 Å². The van der Waals surface area contributed by atoms with E-state index in [-0.39, 0.29) is 24.1 Å². The van der Waals surface area contributed by atoms with Gasteiger partial charge in [-0.1, -0.05) is 30.3 Å². The van der Waals surface area contributed by atoms with Crippen LogP contribution >= 0.6 is 0 Å². The first kappa shape index (κ1) is 14.4. The average molecular weight is 321 g/mol. The summed E-state index contributed by atoms with van der Waals surface area (Å²) in [6.07, 6.45) is -2.04. The number of benzene rings is 1. The normalized spacial score (nSPS) is 25.9. The second kappa shape index (κ2) is 4.91. The third kappa shape index (κ3) is 2.34. The first-order chi connectivity index (χ1) is 10.9. The van der Waals surface area contributed by atoms with Crippen LogP contribution in [-0.2, 0) is 0 Å². The van der Waals surface area contributed by atoms with Crippen molar-refractivity contribution < 1.29 is 18.0 Å². The minimum atomic E-state index is -2.78. The van der Waals surface area contributed by atoms with E-state index in [0.29, 0.717) is 0 Å². The summed E-state index contributed by atoms with van der Waals surface area (Å²) < 4.78 is 41.4. The molecule has 2 atom stereocenters. The number of alkyl halides is 3. The fourth-order valence-electron chi connectivity index (χ4n) is 3.27. The summed E-state index contributed by atoms with van der Waals surface area (Å²) in [4.78, 5) is 16.2. The minimum Gasteiger partial charge on any atom is -0.290 e. The fourth-order valence-corrected chi connectivity index (χ4v) is 3.27. The predicted octanol–water partition coefficient (Wildman–Crippen LogP) is 3.51. The Morgan fingerprint density at radius 2 is 1.91 bits per heavy atom. The molecule has 0 bridgehead atoms. The molecule has 0 saturated heterocycles. The second-order valence-electron chi connectivity index (χ2n) is 6.19. The Morgan fingerprint density at radius 1 is 1.22 bits per heavy atom. The van der Waals surface area contributed by atoms with Crippen molar-refractivity contribution in [3.05, 3.63) is 47.5 Å². The van der Waals surface area contributed by atoms with Crippen LogP contribution in [-0.4, -0.2) is 26.5 Å². The van der Waals surface area contributed by atoms with Crippen molar-refractivity contribution in [1.82, 2.24) is 14.8 Å². The van der Waals surface area contributed by atoms with Crippen LogP contribution in [0.4, 0.5) is 13.2 Å². The molecular weight excluding hydrogens is 307 g/mol. The van der Waals surface area contributed by atoms with Gasteiger partial charge in [0.25, 0.3) is 0 Å². The number of nitrogens with zero attached hydrogens (tertiary/aromatic N) is 3. The van der Waals surface area contributed by atoms with Crippen LogP contribution in [0.5, 0.6) is 0 Å². The molecule has 1 aromatic heterocycles. The molecule has 4 nitrogen and oxygen atoms in total. The van der Waals surface area contributed by atoms with Crippen molar-refractivity contribution in [2.45, 2.75) is 37.4 Å². The summed E-state index contributed by atoms with van der Waals surface area (Å²) in [5.41, 5.74) is 0.882. The van der Waals surface area contributed by atoms with E-state index in [1.54, 1.807) is 0 Å². The summed E-state index contributed by atoms with van der Waals surface area (Å²) in [7, 11) is 0. The minimum absolute atomic E-state index is 0.105. The molecule has 0 radical (unpaired) electrons. The molecule has 1 aliphatic carbocycles. The zero-order valence-electron chi connectivity index (χ0n) is 12.1. The van der Waals surface area contributed by atoms with Gasteiger partial charge < -0.3 is 0 Å². The summed E-state index contributed by atoms with van der Waals surface area (Å²) in [6, 6.07) is 8.96. The van der Waals surface area contributed by atoms with Crippen LogP contribution < -0.4 is 0 Å². The molecule has 4 rings (SSSR count). The third-order valence-corrected chi connectivity index (χ3v) is 4.53. The number of rotatable bonds is 3. The lowest BCUT2D eigenvalue weighted by molar-refractivity contribution is -0.0984. The van der Waals surface area contributed by atoms with E-state index < -0.39 is 36.6 Å². The van der Waals surface area contributed by atoms with Crippen molar-refractivity contribution in [1.29, 1.82) is 0 Å². The molecule has 1 fully saturated rings. The van der Waals surface area contributed by atoms with Crippen molar-refractivity contribution in [3.63, 3.8) is 0 Å². The Morgan fingerprint density at radius 3 is 2.57 bits per heavy atom. The van der Waals surface area contributed by atoms with Crippen LogP contribution in [0.25, 0.3) is 0 Å². The Bertz CT molecular complexity index is 751. The molecule has 0 unspecified atom stereocenters. The van der Waals surface area contributed by atoms with E-state index in [1.807, 2.05) is 30.3 Å². The van der Waals surface area contributed by atoms with E-state index in [1.165, 1.54) is 4.68 Å². The molecule has 23 heavy (non-hydrogen) atoms. The molecule has 2 aromatic rings. The van der Waals surface area contributed by atoms with Crippen molar-refractivity contribution in [2.75, 3.05) is 0 Å². The SMILES string of the molecule is O=C(c1nc2n(n1)[C@@H](c1ccccc1)C[C@H]2F)C1CC(F)(F)C1. The summed E-state index contributed by atoms with van der Waals surface area (Å²) in [6.45, 7) is 0. The van der Waals surface area contributed by atoms with Gasteiger partial charge >= 0.3 is 0 Å². The lowest BCUT2D eigenvalue weighted by atomic mass is 9.78. The molecule has 0 N–H and O–H groups in total. The van der Waals surface area contributed by atoms with Gasteiger partial charge in [0.15, 0.2) is 12.0 Å². The van der Waals surface area contributed by atoms with Gasteiger partial charge in [-0.3, -0.25) is 4.79 Å². The molecule has 2 heterocycles. The van der Waals surface area contributed by atoms with Gasteiger partial charge in [0.2, 0.25) is 17.5 Å². The first-order valence-electron chi connectivity index (χ1n) is 7.52. The smallest absolute Gasteiger partial charge is 0.249 e. The van der Waals surface area contributed by atoms with E-state index in [9.17, 15) is 18.0 Å². The molecular formula is C16H14F3N3O. The van der Waals surface area contributed by atoms with Gasteiger partial charge in [0.05, 0.1) is 6.04 Å². The van der Waals surface area contributed by atoms with Crippen LogP contribution in [0.2, 0.25) is 0 Å². The van der Waals surface area contributed by atoms with Crippen LogP contribution in [0.1, 0.15) is 53.5 Å². The number of ketones is 1. The fraction of sp³-hybridized carbons (Fsp3) is 0.438. The van der Waals surface area contributed by atoms with Crippen LogP contribution in [0, 0.1) is 5.92 Å². The number of hydrogen-bond acceptors (Lipinski definition) is 3. The van der Waals surface area contributed by atoms with E-state index >= 15 is 0 Å². The highest BCUT2D eigenvalue weighted by molar-refractivity contribution is 5.95. The maximum absolute atomic E-state index is 14.2. The molecule has 1 aromatic carbocycles. The maximum atomic E-state index is 14.2. The Kier molecular flexibility index (Phi) is 3.08. The Hall–Kier alpha value is -2.18.